The Morgan fingerprint density at radius 1 is 0.958 bits per heavy atom. The number of rotatable bonds is 4. The molecule has 0 aromatic heterocycles. The second-order valence-corrected chi connectivity index (χ2v) is 6.29. The Labute approximate surface area is 143 Å². The Hall–Kier alpha value is -2.62. The Kier molecular flexibility index (Phi) is 5.39. The highest BCUT2D eigenvalue weighted by Crippen LogP contribution is 2.19. The topological polar surface area (TPSA) is 49.4 Å². The highest BCUT2D eigenvalue weighted by Gasteiger charge is 2.17. The first-order valence-corrected chi connectivity index (χ1v) is 7.98. The van der Waals surface area contributed by atoms with Gasteiger partial charge < -0.3 is 10.2 Å². The third-order valence-electron chi connectivity index (χ3n) is 4.09. The summed E-state index contributed by atoms with van der Waals surface area (Å²) in [6.45, 7) is 7.81. The van der Waals surface area contributed by atoms with Gasteiger partial charge in [-0.1, -0.05) is 35.9 Å². The molecule has 0 aliphatic carbocycles. The Morgan fingerprint density at radius 3 is 2.17 bits per heavy atom. The fraction of sp³-hybridized carbons (Fsp3) is 0.300. The zero-order valence-electron chi connectivity index (χ0n) is 14.9. The summed E-state index contributed by atoms with van der Waals surface area (Å²) < 4.78 is 0. The predicted molar refractivity (Wildman–Crippen MR) is 97.4 cm³/mol. The van der Waals surface area contributed by atoms with Gasteiger partial charge in [0.1, 0.15) is 0 Å². The van der Waals surface area contributed by atoms with Gasteiger partial charge in [-0.25, -0.2) is 0 Å². The predicted octanol–water partition coefficient (Wildman–Crippen LogP) is 3.63. The van der Waals surface area contributed by atoms with E-state index in [0.29, 0.717) is 5.56 Å². The van der Waals surface area contributed by atoms with Crippen LogP contribution in [0.2, 0.25) is 0 Å². The lowest BCUT2D eigenvalue weighted by molar-refractivity contribution is -0.116. The second-order valence-electron chi connectivity index (χ2n) is 6.29. The van der Waals surface area contributed by atoms with Crippen LogP contribution in [0.25, 0.3) is 0 Å². The highest BCUT2D eigenvalue weighted by molar-refractivity contribution is 6.00. The van der Waals surface area contributed by atoms with Crippen molar-refractivity contribution < 1.29 is 9.59 Å². The molecule has 0 fully saturated rings. The zero-order chi connectivity index (χ0) is 17.9. The quantitative estimate of drug-likeness (QED) is 0.933. The standard InChI is InChI=1S/C20H24N2O2/c1-13-9-10-17(16(4)11-13)20(24)22(5)12-18(23)21-19-14(2)7-6-8-15(19)3/h6-11H,12H2,1-5H3,(H,21,23). The summed E-state index contributed by atoms with van der Waals surface area (Å²) >= 11 is 0. The monoisotopic (exact) mass is 324 g/mol. The number of likely N-dealkylation sites (N-methyl/N-ethyl adjacent to an activating group) is 1. The minimum atomic E-state index is -0.201. The molecule has 2 aromatic rings. The van der Waals surface area contributed by atoms with Crippen LogP contribution in [0.5, 0.6) is 0 Å². The molecule has 0 aliphatic rings. The van der Waals surface area contributed by atoms with Crippen molar-refractivity contribution in [2.24, 2.45) is 0 Å². The number of carbonyl (C=O) groups excluding carboxylic acids is 2. The van der Waals surface area contributed by atoms with Crippen molar-refractivity contribution in [1.82, 2.24) is 4.90 Å². The molecule has 0 radical (unpaired) electrons. The Morgan fingerprint density at radius 2 is 1.58 bits per heavy atom. The smallest absolute Gasteiger partial charge is 0.254 e. The van der Waals surface area contributed by atoms with E-state index in [9.17, 15) is 9.59 Å². The zero-order valence-corrected chi connectivity index (χ0v) is 14.9. The Bertz CT molecular complexity index is 761. The van der Waals surface area contributed by atoms with Crippen molar-refractivity contribution in [3.63, 3.8) is 0 Å². The number of hydrogen-bond donors (Lipinski definition) is 1. The normalized spacial score (nSPS) is 10.4. The molecule has 2 amide bonds. The van der Waals surface area contributed by atoms with Gasteiger partial charge in [0.05, 0.1) is 6.54 Å². The van der Waals surface area contributed by atoms with Crippen LogP contribution in [0.15, 0.2) is 36.4 Å². The first kappa shape index (κ1) is 17.7. The Balaban J connectivity index is 2.07. The van der Waals surface area contributed by atoms with Crippen LogP contribution in [0, 0.1) is 27.7 Å². The molecule has 0 saturated carbocycles. The summed E-state index contributed by atoms with van der Waals surface area (Å²) in [4.78, 5) is 26.3. The van der Waals surface area contributed by atoms with Crippen molar-refractivity contribution in [2.45, 2.75) is 27.7 Å². The average Bonchev–Trinajstić information content (AvgIpc) is 2.50. The summed E-state index contributed by atoms with van der Waals surface area (Å²) in [5.41, 5.74) is 5.48. The number of nitrogens with one attached hydrogen (secondary N) is 1. The van der Waals surface area contributed by atoms with E-state index in [1.165, 1.54) is 4.90 Å². The van der Waals surface area contributed by atoms with Gasteiger partial charge in [-0.3, -0.25) is 9.59 Å². The van der Waals surface area contributed by atoms with Crippen LogP contribution < -0.4 is 5.32 Å². The molecule has 0 spiro atoms. The first-order valence-electron chi connectivity index (χ1n) is 7.98. The molecule has 0 saturated heterocycles. The molecular formula is C20H24N2O2. The molecule has 126 valence electrons. The molecule has 0 bridgehead atoms. The molecular weight excluding hydrogens is 300 g/mol. The third-order valence-corrected chi connectivity index (χ3v) is 4.09. The fourth-order valence-electron chi connectivity index (χ4n) is 2.74. The fourth-order valence-corrected chi connectivity index (χ4v) is 2.74. The second kappa shape index (κ2) is 7.30. The highest BCUT2D eigenvalue weighted by atomic mass is 16.2. The molecule has 2 rings (SSSR count). The van der Waals surface area contributed by atoms with Gasteiger partial charge in [-0.15, -0.1) is 0 Å². The molecule has 24 heavy (non-hydrogen) atoms. The minimum Gasteiger partial charge on any atom is -0.332 e. The summed E-state index contributed by atoms with van der Waals surface area (Å²) in [6.07, 6.45) is 0. The summed E-state index contributed by atoms with van der Waals surface area (Å²) in [5.74, 6) is -0.350. The summed E-state index contributed by atoms with van der Waals surface area (Å²) in [7, 11) is 1.64. The number of benzene rings is 2. The first-order chi connectivity index (χ1) is 11.3. The van der Waals surface area contributed by atoms with Gasteiger partial charge in [-0.05, 0) is 50.5 Å². The van der Waals surface area contributed by atoms with Gasteiger partial charge in [-0.2, -0.15) is 0 Å². The maximum atomic E-state index is 12.5. The summed E-state index contributed by atoms with van der Waals surface area (Å²) in [5, 5.41) is 2.91. The molecule has 0 aliphatic heterocycles. The maximum Gasteiger partial charge on any atom is 0.254 e. The van der Waals surface area contributed by atoms with E-state index in [-0.39, 0.29) is 18.4 Å². The van der Waals surface area contributed by atoms with Crippen molar-refractivity contribution >= 4 is 17.5 Å². The van der Waals surface area contributed by atoms with Gasteiger partial charge in [0.2, 0.25) is 5.91 Å². The average molecular weight is 324 g/mol. The number of para-hydroxylation sites is 1. The van der Waals surface area contributed by atoms with Crippen LogP contribution in [0.1, 0.15) is 32.6 Å². The van der Waals surface area contributed by atoms with Crippen LogP contribution in [0.3, 0.4) is 0 Å². The third kappa shape index (κ3) is 4.02. The van der Waals surface area contributed by atoms with Crippen molar-refractivity contribution in [1.29, 1.82) is 0 Å². The van der Waals surface area contributed by atoms with Crippen LogP contribution >= 0.6 is 0 Å². The molecule has 1 N–H and O–H groups in total. The molecule has 2 aromatic carbocycles. The van der Waals surface area contributed by atoms with Gasteiger partial charge >= 0.3 is 0 Å². The SMILES string of the molecule is Cc1ccc(C(=O)N(C)CC(=O)Nc2c(C)cccc2C)c(C)c1. The van der Waals surface area contributed by atoms with Crippen LogP contribution in [-0.4, -0.2) is 30.3 Å². The van der Waals surface area contributed by atoms with E-state index in [1.807, 2.05) is 64.1 Å². The van der Waals surface area contributed by atoms with Crippen molar-refractivity contribution in [3.05, 3.63) is 64.2 Å². The van der Waals surface area contributed by atoms with Crippen molar-refractivity contribution in [2.75, 3.05) is 18.9 Å². The number of amides is 2. The lowest BCUT2D eigenvalue weighted by Gasteiger charge is -2.19. The van der Waals surface area contributed by atoms with E-state index in [4.69, 9.17) is 0 Å². The summed E-state index contributed by atoms with van der Waals surface area (Å²) in [6, 6.07) is 11.5. The molecule has 4 heteroatoms. The van der Waals surface area contributed by atoms with E-state index >= 15 is 0 Å². The van der Waals surface area contributed by atoms with Crippen LogP contribution in [-0.2, 0) is 4.79 Å². The van der Waals surface area contributed by atoms with E-state index in [2.05, 4.69) is 5.32 Å². The minimum absolute atomic E-state index is 0.0138. The number of aryl methyl sites for hydroxylation is 4. The largest absolute Gasteiger partial charge is 0.332 e. The van der Waals surface area contributed by atoms with Gasteiger partial charge in [0.15, 0.2) is 0 Å². The van der Waals surface area contributed by atoms with Crippen LogP contribution in [0.4, 0.5) is 5.69 Å². The molecule has 0 heterocycles. The lowest BCUT2D eigenvalue weighted by atomic mass is 10.0. The van der Waals surface area contributed by atoms with E-state index < -0.39 is 0 Å². The molecule has 0 unspecified atom stereocenters. The molecule has 4 nitrogen and oxygen atoms in total. The van der Waals surface area contributed by atoms with Gasteiger partial charge in [0, 0.05) is 18.3 Å². The number of anilines is 1. The number of hydrogen-bond acceptors (Lipinski definition) is 2. The van der Waals surface area contributed by atoms with E-state index in [1.54, 1.807) is 7.05 Å². The van der Waals surface area contributed by atoms with E-state index in [0.717, 1.165) is 27.9 Å². The van der Waals surface area contributed by atoms with Crippen molar-refractivity contribution in [3.8, 4) is 0 Å². The number of nitrogens with zero attached hydrogens (tertiary/aromatic N) is 1. The number of carbonyl (C=O) groups is 2. The maximum absolute atomic E-state index is 12.5. The molecule has 0 atom stereocenters. The van der Waals surface area contributed by atoms with Gasteiger partial charge in [0.25, 0.3) is 5.91 Å². The lowest BCUT2D eigenvalue weighted by Crippen LogP contribution is -2.35.